The van der Waals surface area contributed by atoms with Gasteiger partial charge in [-0.15, -0.1) is 0 Å². The molecule has 0 fully saturated rings. The Bertz CT molecular complexity index is 530. The van der Waals surface area contributed by atoms with E-state index in [4.69, 9.17) is 0 Å². The summed E-state index contributed by atoms with van der Waals surface area (Å²) >= 11 is 0. The molecule has 18 heavy (non-hydrogen) atoms. The highest BCUT2D eigenvalue weighted by Crippen LogP contribution is 2.19. The number of nitrogens with zero attached hydrogens (tertiary/aromatic N) is 1. The molecule has 3 nitrogen and oxygen atoms in total. The Hall–Kier alpha value is -1.77. The Kier molecular flexibility index (Phi) is 4.03. The van der Waals surface area contributed by atoms with Crippen LogP contribution in [0.4, 0.5) is 0 Å². The van der Waals surface area contributed by atoms with Crippen molar-refractivity contribution in [2.45, 2.75) is 26.2 Å². The summed E-state index contributed by atoms with van der Waals surface area (Å²) in [6, 6.07) is 7.91. The lowest BCUT2D eigenvalue weighted by molar-refractivity contribution is 0.0794. The predicted octanol–water partition coefficient (Wildman–Crippen LogP) is 3.43. The quantitative estimate of drug-likeness (QED) is 0.804. The van der Waals surface area contributed by atoms with Crippen LogP contribution in [0.15, 0.2) is 30.5 Å². The van der Waals surface area contributed by atoms with E-state index in [1.54, 1.807) is 0 Å². The first kappa shape index (κ1) is 12.7. The Morgan fingerprint density at radius 3 is 2.83 bits per heavy atom. The minimum atomic E-state index is 0.101. The molecular formula is C15H20N2O. The number of H-pyrrole nitrogens is 1. The molecule has 0 aliphatic heterocycles. The van der Waals surface area contributed by atoms with Gasteiger partial charge in [0, 0.05) is 30.7 Å². The molecule has 0 aliphatic rings. The zero-order valence-electron chi connectivity index (χ0n) is 11.1. The van der Waals surface area contributed by atoms with E-state index in [-0.39, 0.29) is 5.91 Å². The van der Waals surface area contributed by atoms with Crippen molar-refractivity contribution in [3.63, 3.8) is 0 Å². The van der Waals surface area contributed by atoms with Gasteiger partial charge in [0.15, 0.2) is 0 Å². The average Bonchev–Trinajstić information content (AvgIpc) is 2.82. The molecule has 0 saturated carbocycles. The third-order valence-electron chi connectivity index (χ3n) is 3.26. The fourth-order valence-corrected chi connectivity index (χ4v) is 2.15. The second-order valence-corrected chi connectivity index (χ2v) is 4.68. The van der Waals surface area contributed by atoms with Gasteiger partial charge in [-0.3, -0.25) is 4.79 Å². The molecule has 1 amide bonds. The van der Waals surface area contributed by atoms with Gasteiger partial charge in [0.25, 0.3) is 5.91 Å². The minimum absolute atomic E-state index is 0.101. The minimum Gasteiger partial charge on any atom is -0.360 e. The number of rotatable bonds is 5. The van der Waals surface area contributed by atoms with Gasteiger partial charge in [-0.25, -0.2) is 0 Å². The van der Waals surface area contributed by atoms with Gasteiger partial charge >= 0.3 is 0 Å². The number of benzene rings is 1. The summed E-state index contributed by atoms with van der Waals surface area (Å²) in [5.41, 5.74) is 1.78. The van der Waals surface area contributed by atoms with Crippen LogP contribution in [0, 0.1) is 0 Å². The number of amides is 1. The standard InChI is InChI=1S/C15H20N2O/c1-3-4-7-10-17(2)15(18)13-11-16-14-9-6-5-8-12(13)14/h5-6,8-9,11,16H,3-4,7,10H2,1-2H3. The Labute approximate surface area is 108 Å². The van der Waals surface area contributed by atoms with Crippen LogP contribution < -0.4 is 0 Å². The summed E-state index contributed by atoms with van der Waals surface area (Å²) in [5.74, 6) is 0.101. The van der Waals surface area contributed by atoms with E-state index >= 15 is 0 Å². The summed E-state index contributed by atoms with van der Waals surface area (Å²) in [6.45, 7) is 2.99. The SMILES string of the molecule is CCCCCN(C)C(=O)c1c[nH]c2ccccc12. The van der Waals surface area contributed by atoms with Crippen LogP contribution in [0.3, 0.4) is 0 Å². The number of unbranched alkanes of at least 4 members (excludes halogenated alkanes) is 2. The predicted molar refractivity (Wildman–Crippen MR) is 74.8 cm³/mol. The summed E-state index contributed by atoms with van der Waals surface area (Å²) in [6.07, 6.45) is 5.23. The van der Waals surface area contributed by atoms with Crippen molar-refractivity contribution in [1.29, 1.82) is 0 Å². The highest BCUT2D eigenvalue weighted by atomic mass is 16.2. The molecule has 2 aromatic rings. The number of aromatic nitrogens is 1. The van der Waals surface area contributed by atoms with Gasteiger partial charge in [-0.2, -0.15) is 0 Å². The summed E-state index contributed by atoms with van der Waals surface area (Å²) in [4.78, 5) is 17.3. The summed E-state index contributed by atoms with van der Waals surface area (Å²) in [7, 11) is 1.87. The zero-order valence-corrected chi connectivity index (χ0v) is 11.1. The highest BCUT2D eigenvalue weighted by molar-refractivity contribution is 6.06. The van der Waals surface area contributed by atoms with Crippen LogP contribution in [-0.2, 0) is 0 Å². The molecule has 0 unspecified atom stereocenters. The maximum absolute atomic E-state index is 12.3. The number of hydrogen-bond acceptors (Lipinski definition) is 1. The second-order valence-electron chi connectivity index (χ2n) is 4.68. The number of para-hydroxylation sites is 1. The lowest BCUT2D eigenvalue weighted by Crippen LogP contribution is -2.27. The van der Waals surface area contributed by atoms with E-state index in [0.717, 1.165) is 29.4 Å². The van der Waals surface area contributed by atoms with Crippen LogP contribution in [0.5, 0.6) is 0 Å². The van der Waals surface area contributed by atoms with Gasteiger partial charge in [0.05, 0.1) is 5.56 Å². The van der Waals surface area contributed by atoms with E-state index in [0.29, 0.717) is 0 Å². The number of aromatic amines is 1. The topological polar surface area (TPSA) is 36.1 Å². The van der Waals surface area contributed by atoms with E-state index in [9.17, 15) is 4.79 Å². The molecule has 0 bridgehead atoms. The average molecular weight is 244 g/mol. The zero-order chi connectivity index (χ0) is 13.0. The maximum atomic E-state index is 12.3. The lowest BCUT2D eigenvalue weighted by Gasteiger charge is -2.16. The molecular weight excluding hydrogens is 224 g/mol. The third kappa shape index (κ3) is 2.55. The normalized spacial score (nSPS) is 10.8. The molecule has 1 aromatic heterocycles. The van der Waals surface area contributed by atoms with Gasteiger partial charge in [-0.05, 0) is 12.5 Å². The molecule has 0 atom stereocenters. The molecule has 2 rings (SSSR count). The van der Waals surface area contributed by atoms with Crippen molar-refractivity contribution in [3.05, 3.63) is 36.0 Å². The van der Waals surface area contributed by atoms with E-state index in [1.807, 2.05) is 42.4 Å². The van der Waals surface area contributed by atoms with Crippen molar-refractivity contribution in [2.24, 2.45) is 0 Å². The molecule has 3 heteroatoms. The molecule has 0 saturated heterocycles. The van der Waals surface area contributed by atoms with Crippen molar-refractivity contribution in [2.75, 3.05) is 13.6 Å². The lowest BCUT2D eigenvalue weighted by atomic mass is 10.1. The summed E-state index contributed by atoms with van der Waals surface area (Å²) in [5, 5.41) is 1.00. The monoisotopic (exact) mass is 244 g/mol. The van der Waals surface area contributed by atoms with Crippen LogP contribution in [0.2, 0.25) is 0 Å². The van der Waals surface area contributed by atoms with Crippen molar-refractivity contribution in [3.8, 4) is 0 Å². The van der Waals surface area contributed by atoms with Gasteiger partial charge < -0.3 is 9.88 Å². The van der Waals surface area contributed by atoms with E-state index in [2.05, 4.69) is 11.9 Å². The first-order valence-corrected chi connectivity index (χ1v) is 6.55. The fourth-order valence-electron chi connectivity index (χ4n) is 2.15. The largest absolute Gasteiger partial charge is 0.360 e. The molecule has 0 radical (unpaired) electrons. The van der Waals surface area contributed by atoms with Gasteiger partial charge in [0.1, 0.15) is 0 Å². The van der Waals surface area contributed by atoms with Crippen LogP contribution in [0.25, 0.3) is 10.9 Å². The molecule has 1 N–H and O–H groups in total. The van der Waals surface area contributed by atoms with Crippen LogP contribution >= 0.6 is 0 Å². The van der Waals surface area contributed by atoms with Crippen molar-refractivity contribution in [1.82, 2.24) is 9.88 Å². The Morgan fingerprint density at radius 2 is 2.06 bits per heavy atom. The molecule has 0 spiro atoms. The number of fused-ring (bicyclic) bond motifs is 1. The first-order chi connectivity index (χ1) is 8.74. The maximum Gasteiger partial charge on any atom is 0.255 e. The van der Waals surface area contributed by atoms with Crippen LogP contribution in [-0.4, -0.2) is 29.4 Å². The van der Waals surface area contributed by atoms with E-state index in [1.165, 1.54) is 12.8 Å². The number of nitrogens with one attached hydrogen (secondary N) is 1. The Morgan fingerprint density at radius 1 is 1.28 bits per heavy atom. The third-order valence-corrected chi connectivity index (χ3v) is 3.26. The first-order valence-electron chi connectivity index (χ1n) is 6.55. The molecule has 1 heterocycles. The van der Waals surface area contributed by atoms with Crippen LogP contribution in [0.1, 0.15) is 36.5 Å². The van der Waals surface area contributed by atoms with Crippen molar-refractivity contribution < 1.29 is 4.79 Å². The Balaban J connectivity index is 2.13. The second kappa shape index (κ2) is 5.71. The fraction of sp³-hybridized carbons (Fsp3) is 0.400. The number of carbonyl (C=O) groups excluding carboxylic acids is 1. The summed E-state index contributed by atoms with van der Waals surface area (Å²) < 4.78 is 0. The van der Waals surface area contributed by atoms with E-state index < -0.39 is 0 Å². The number of carbonyl (C=O) groups is 1. The highest BCUT2D eigenvalue weighted by Gasteiger charge is 2.15. The molecule has 1 aromatic carbocycles. The smallest absolute Gasteiger partial charge is 0.255 e. The number of hydrogen-bond donors (Lipinski definition) is 1. The van der Waals surface area contributed by atoms with Gasteiger partial charge in [-0.1, -0.05) is 38.0 Å². The molecule has 0 aliphatic carbocycles. The molecule has 96 valence electrons. The van der Waals surface area contributed by atoms with Gasteiger partial charge in [0.2, 0.25) is 0 Å². The van der Waals surface area contributed by atoms with Crippen molar-refractivity contribution >= 4 is 16.8 Å².